The Morgan fingerprint density at radius 2 is 2.26 bits per heavy atom. The monoisotopic (exact) mass is 277 g/mol. The van der Waals surface area contributed by atoms with Gasteiger partial charge in [0.05, 0.1) is 29.2 Å². The summed E-state index contributed by atoms with van der Waals surface area (Å²) < 4.78 is 22.5. The van der Waals surface area contributed by atoms with E-state index in [0.717, 1.165) is 16.4 Å². The fraction of sp³-hybridized carbons (Fsp3) is 0.167. The number of H-pyrrole nitrogens is 1. The molecule has 1 atom stereocenters. The molecule has 6 nitrogen and oxygen atoms in total. The molecule has 1 aromatic heterocycles. The molecule has 0 saturated heterocycles. The van der Waals surface area contributed by atoms with Gasteiger partial charge in [-0.15, -0.1) is 0 Å². The van der Waals surface area contributed by atoms with E-state index in [2.05, 4.69) is 15.3 Å². The van der Waals surface area contributed by atoms with Gasteiger partial charge in [-0.25, -0.2) is 13.4 Å². The van der Waals surface area contributed by atoms with Crippen LogP contribution in [0.2, 0.25) is 0 Å². The van der Waals surface area contributed by atoms with Crippen LogP contribution in [-0.4, -0.2) is 36.1 Å². The maximum absolute atomic E-state index is 12.0. The standard InChI is InChI=1S/C12H11N3O3S/c16-12(15-9-3-4-19(17,18)6-9)8-1-2-10-11(5-8)14-7-13-10/h1-5,7,9H,6H2,(H,13,14)(H,15,16). The van der Waals surface area contributed by atoms with Gasteiger partial charge in [0, 0.05) is 11.0 Å². The number of carbonyl (C=O) groups excluding carboxylic acids is 1. The molecule has 0 fully saturated rings. The fourth-order valence-electron chi connectivity index (χ4n) is 1.99. The Hall–Kier alpha value is -2.15. The largest absolute Gasteiger partial charge is 0.345 e. The van der Waals surface area contributed by atoms with Gasteiger partial charge in [-0.2, -0.15) is 0 Å². The van der Waals surface area contributed by atoms with E-state index in [1.165, 1.54) is 6.08 Å². The normalized spacial score (nSPS) is 20.7. The van der Waals surface area contributed by atoms with Crippen molar-refractivity contribution < 1.29 is 13.2 Å². The van der Waals surface area contributed by atoms with Crippen LogP contribution in [0.3, 0.4) is 0 Å². The van der Waals surface area contributed by atoms with Crippen molar-refractivity contribution in [1.29, 1.82) is 0 Å². The van der Waals surface area contributed by atoms with E-state index in [4.69, 9.17) is 0 Å². The number of nitrogens with one attached hydrogen (secondary N) is 2. The fourth-order valence-corrected chi connectivity index (χ4v) is 3.23. The van der Waals surface area contributed by atoms with Crippen LogP contribution in [-0.2, 0) is 9.84 Å². The van der Waals surface area contributed by atoms with Crippen LogP contribution in [0, 0.1) is 0 Å². The van der Waals surface area contributed by atoms with Crippen molar-refractivity contribution in [1.82, 2.24) is 15.3 Å². The molecular formula is C12H11N3O3S. The Kier molecular flexibility index (Phi) is 2.63. The number of imidazole rings is 1. The number of hydrogen-bond acceptors (Lipinski definition) is 4. The highest BCUT2D eigenvalue weighted by atomic mass is 32.2. The minimum atomic E-state index is -3.16. The topological polar surface area (TPSA) is 91.9 Å². The molecule has 2 heterocycles. The van der Waals surface area contributed by atoms with Crippen LogP contribution >= 0.6 is 0 Å². The van der Waals surface area contributed by atoms with Crippen LogP contribution in [0.15, 0.2) is 36.0 Å². The zero-order chi connectivity index (χ0) is 13.5. The van der Waals surface area contributed by atoms with Crippen molar-refractivity contribution in [3.63, 3.8) is 0 Å². The van der Waals surface area contributed by atoms with Gasteiger partial charge in [-0.1, -0.05) is 0 Å². The van der Waals surface area contributed by atoms with Crippen LogP contribution in [0.1, 0.15) is 10.4 Å². The number of aromatic nitrogens is 2. The molecule has 2 N–H and O–H groups in total. The molecule has 1 unspecified atom stereocenters. The number of fused-ring (bicyclic) bond motifs is 1. The first-order valence-corrected chi connectivity index (χ1v) is 7.40. The number of rotatable bonds is 2. The molecule has 1 aliphatic heterocycles. The van der Waals surface area contributed by atoms with E-state index in [0.29, 0.717) is 5.56 Å². The van der Waals surface area contributed by atoms with Crippen LogP contribution in [0.4, 0.5) is 0 Å². The van der Waals surface area contributed by atoms with Crippen molar-refractivity contribution in [2.24, 2.45) is 0 Å². The summed E-state index contributed by atoms with van der Waals surface area (Å²) in [6.07, 6.45) is 3.04. The zero-order valence-corrected chi connectivity index (χ0v) is 10.6. The smallest absolute Gasteiger partial charge is 0.251 e. The number of hydrogen-bond donors (Lipinski definition) is 2. The van der Waals surface area contributed by atoms with E-state index in [-0.39, 0.29) is 11.7 Å². The second-order valence-corrected chi connectivity index (χ2v) is 6.30. The summed E-state index contributed by atoms with van der Waals surface area (Å²) in [6, 6.07) is 4.62. The van der Waals surface area contributed by atoms with Crippen LogP contribution in [0.25, 0.3) is 11.0 Å². The molecule has 2 aromatic rings. The maximum atomic E-state index is 12.0. The lowest BCUT2D eigenvalue weighted by Gasteiger charge is -2.09. The first-order chi connectivity index (χ1) is 9.03. The summed E-state index contributed by atoms with van der Waals surface area (Å²) in [5.41, 5.74) is 2.01. The molecular weight excluding hydrogens is 266 g/mol. The van der Waals surface area contributed by atoms with E-state index >= 15 is 0 Å². The van der Waals surface area contributed by atoms with Gasteiger partial charge in [0.15, 0.2) is 9.84 Å². The predicted octanol–water partition coefficient (Wildman–Crippen LogP) is 0.603. The second-order valence-electron chi connectivity index (χ2n) is 4.37. The summed E-state index contributed by atoms with van der Waals surface area (Å²) in [4.78, 5) is 19.0. The molecule has 0 radical (unpaired) electrons. The van der Waals surface area contributed by atoms with E-state index < -0.39 is 15.9 Å². The third-order valence-electron chi connectivity index (χ3n) is 2.93. The highest BCUT2D eigenvalue weighted by Gasteiger charge is 2.23. The summed E-state index contributed by atoms with van der Waals surface area (Å²) in [6.45, 7) is 0. The number of sulfone groups is 1. The lowest BCUT2D eigenvalue weighted by atomic mass is 10.2. The number of benzene rings is 1. The second kappa shape index (κ2) is 4.20. The highest BCUT2D eigenvalue weighted by molar-refractivity contribution is 7.94. The van der Waals surface area contributed by atoms with E-state index in [9.17, 15) is 13.2 Å². The van der Waals surface area contributed by atoms with Crippen molar-refractivity contribution in [3.8, 4) is 0 Å². The Balaban J connectivity index is 1.79. The quantitative estimate of drug-likeness (QED) is 0.841. The predicted molar refractivity (Wildman–Crippen MR) is 70.3 cm³/mol. The van der Waals surface area contributed by atoms with Crippen molar-refractivity contribution >= 4 is 26.8 Å². The molecule has 7 heteroatoms. The third-order valence-corrected chi connectivity index (χ3v) is 4.32. The van der Waals surface area contributed by atoms with Gasteiger partial charge >= 0.3 is 0 Å². The summed E-state index contributed by atoms with van der Waals surface area (Å²) in [5.74, 6) is -0.381. The van der Waals surface area contributed by atoms with Gasteiger partial charge in [0.2, 0.25) is 0 Å². The molecule has 0 aliphatic carbocycles. The average molecular weight is 277 g/mol. The van der Waals surface area contributed by atoms with Crippen molar-refractivity contribution in [2.45, 2.75) is 6.04 Å². The molecule has 1 amide bonds. The van der Waals surface area contributed by atoms with Crippen LogP contribution < -0.4 is 5.32 Å². The SMILES string of the molecule is O=C(NC1C=CS(=O)(=O)C1)c1ccc2nc[nH]c2c1. The summed E-state index contributed by atoms with van der Waals surface area (Å²) in [5, 5.41) is 3.80. The highest BCUT2D eigenvalue weighted by Crippen LogP contribution is 2.13. The van der Waals surface area contributed by atoms with Crippen LogP contribution in [0.5, 0.6) is 0 Å². The Labute approximate surface area is 109 Å². The van der Waals surface area contributed by atoms with E-state index in [1.54, 1.807) is 24.5 Å². The van der Waals surface area contributed by atoms with Gasteiger partial charge in [-0.3, -0.25) is 4.79 Å². The number of nitrogens with zero attached hydrogens (tertiary/aromatic N) is 1. The van der Waals surface area contributed by atoms with Gasteiger partial charge in [-0.05, 0) is 24.3 Å². The Bertz CT molecular complexity index is 776. The van der Waals surface area contributed by atoms with E-state index in [1.807, 2.05) is 0 Å². The average Bonchev–Trinajstić information content (AvgIpc) is 2.94. The van der Waals surface area contributed by atoms with Gasteiger partial charge in [0.1, 0.15) is 0 Å². The number of carbonyl (C=O) groups is 1. The molecule has 1 aliphatic rings. The van der Waals surface area contributed by atoms with Crippen molar-refractivity contribution in [2.75, 3.05) is 5.75 Å². The Morgan fingerprint density at radius 3 is 3.00 bits per heavy atom. The summed E-state index contributed by atoms with van der Waals surface area (Å²) >= 11 is 0. The van der Waals surface area contributed by atoms with Gasteiger partial charge < -0.3 is 10.3 Å². The first kappa shape index (κ1) is 11.9. The number of amides is 1. The molecule has 0 spiro atoms. The molecule has 0 bridgehead atoms. The first-order valence-electron chi connectivity index (χ1n) is 5.68. The molecule has 3 rings (SSSR count). The van der Waals surface area contributed by atoms with Crippen molar-refractivity contribution in [3.05, 3.63) is 41.6 Å². The third kappa shape index (κ3) is 2.37. The molecule has 0 saturated carbocycles. The zero-order valence-electron chi connectivity index (χ0n) is 9.83. The minimum Gasteiger partial charge on any atom is -0.345 e. The summed E-state index contributed by atoms with van der Waals surface area (Å²) in [7, 11) is -3.16. The lowest BCUT2D eigenvalue weighted by Crippen LogP contribution is -2.35. The minimum absolute atomic E-state index is 0.0783. The maximum Gasteiger partial charge on any atom is 0.251 e. The molecule has 98 valence electrons. The number of aromatic amines is 1. The van der Waals surface area contributed by atoms with Gasteiger partial charge in [0.25, 0.3) is 5.91 Å². The Morgan fingerprint density at radius 1 is 1.42 bits per heavy atom. The molecule has 1 aromatic carbocycles. The molecule has 19 heavy (non-hydrogen) atoms. The lowest BCUT2D eigenvalue weighted by molar-refractivity contribution is 0.0948.